The summed E-state index contributed by atoms with van der Waals surface area (Å²) in [6.07, 6.45) is 0.373. The van der Waals surface area contributed by atoms with E-state index in [-0.39, 0.29) is 32.7 Å². The van der Waals surface area contributed by atoms with E-state index in [1.54, 1.807) is 0 Å². The molecule has 0 aliphatic carbocycles. The van der Waals surface area contributed by atoms with Crippen LogP contribution in [-0.2, 0) is 14.8 Å². The van der Waals surface area contributed by atoms with Crippen LogP contribution in [0, 0.1) is 5.92 Å². The Balaban J connectivity index is 1.41. The second-order valence-electron chi connectivity index (χ2n) is 8.60. The average Bonchev–Trinajstić information content (AvgIpc) is 2.86. The monoisotopic (exact) mass is 531 g/mol. The van der Waals surface area contributed by atoms with Gasteiger partial charge in [-0.2, -0.15) is 0 Å². The third-order valence-corrected chi connectivity index (χ3v) is 8.35. The zero-order valence-electron chi connectivity index (χ0n) is 19.0. The normalized spacial score (nSPS) is 18.4. The van der Waals surface area contributed by atoms with Gasteiger partial charge in [0.25, 0.3) is 0 Å². The first-order valence-corrected chi connectivity index (χ1v) is 13.6. The molecular formula is C26H27Cl2N3O3S. The lowest BCUT2D eigenvalue weighted by Gasteiger charge is -2.30. The highest BCUT2D eigenvalue weighted by molar-refractivity contribution is 7.89. The number of sulfonamides is 1. The molecule has 1 aliphatic heterocycles. The molecule has 0 saturated carbocycles. The number of hydrogen-bond acceptors (Lipinski definition) is 4. The van der Waals surface area contributed by atoms with Gasteiger partial charge in [-0.1, -0.05) is 83.9 Å². The first-order valence-electron chi connectivity index (χ1n) is 11.4. The molecule has 0 radical (unpaired) electrons. The van der Waals surface area contributed by atoms with Crippen molar-refractivity contribution in [1.82, 2.24) is 15.4 Å². The standard InChI is InChI=1S/C26H27Cl2N3O3S/c27-21-11-12-24(28)25(14-21)35(33,34)31-22-13-20(15-29-16-22)26(32)30-17-23(18-7-3-1-4-8-18)19-9-5-2-6-10-19/h1-12,14,20,22-23,29,31H,13,15-17H2,(H,30,32)/t20-,22+/m0/s1. The van der Waals surface area contributed by atoms with Crippen molar-refractivity contribution in [3.8, 4) is 0 Å². The highest BCUT2D eigenvalue weighted by Gasteiger charge is 2.31. The zero-order valence-corrected chi connectivity index (χ0v) is 21.3. The third-order valence-electron chi connectivity index (χ3n) is 6.11. The van der Waals surface area contributed by atoms with Crippen LogP contribution in [0.1, 0.15) is 23.5 Å². The van der Waals surface area contributed by atoms with Gasteiger partial charge < -0.3 is 10.6 Å². The van der Waals surface area contributed by atoms with Gasteiger partial charge >= 0.3 is 0 Å². The first kappa shape index (κ1) is 25.7. The Morgan fingerprint density at radius 1 is 0.943 bits per heavy atom. The fourth-order valence-corrected chi connectivity index (χ4v) is 6.35. The van der Waals surface area contributed by atoms with Gasteiger partial charge in [0.1, 0.15) is 4.90 Å². The third kappa shape index (κ3) is 6.63. The molecule has 0 aromatic heterocycles. The lowest BCUT2D eigenvalue weighted by Crippen LogP contribution is -2.52. The molecule has 184 valence electrons. The van der Waals surface area contributed by atoms with E-state index in [0.717, 1.165) is 11.1 Å². The molecule has 1 fully saturated rings. The molecule has 3 N–H and O–H groups in total. The average molecular weight is 532 g/mol. The van der Waals surface area contributed by atoms with E-state index in [0.29, 0.717) is 26.1 Å². The highest BCUT2D eigenvalue weighted by Crippen LogP contribution is 2.26. The summed E-state index contributed by atoms with van der Waals surface area (Å²) in [4.78, 5) is 13.0. The Hall–Kier alpha value is -2.42. The first-order chi connectivity index (χ1) is 16.8. The number of halogens is 2. The Bertz CT molecular complexity index is 1220. The molecule has 0 spiro atoms. The minimum atomic E-state index is -3.90. The molecule has 6 nitrogen and oxygen atoms in total. The largest absolute Gasteiger partial charge is 0.355 e. The number of benzene rings is 3. The van der Waals surface area contributed by atoms with E-state index in [9.17, 15) is 13.2 Å². The minimum Gasteiger partial charge on any atom is -0.355 e. The minimum absolute atomic E-state index is 0.0113. The summed E-state index contributed by atoms with van der Waals surface area (Å²) in [5.74, 6) is -0.477. The SMILES string of the molecule is O=C(NCC(c1ccccc1)c1ccccc1)[C@@H]1CNC[C@H](NS(=O)(=O)c2cc(Cl)ccc2Cl)C1. The van der Waals surface area contributed by atoms with E-state index in [4.69, 9.17) is 23.2 Å². The highest BCUT2D eigenvalue weighted by atomic mass is 35.5. The number of nitrogens with one attached hydrogen (secondary N) is 3. The van der Waals surface area contributed by atoms with Gasteiger partial charge in [-0.3, -0.25) is 4.79 Å². The predicted octanol–water partition coefficient (Wildman–Crippen LogP) is 4.20. The molecule has 1 aliphatic rings. The molecule has 1 amide bonds. The molecule has 0 bridgehead atoms. The van der Waals surface area contributed by atoms with Crippen molar-refractivity contribution >= 4 is 39.1 Å². The van der Waals surface area contributed by atoms with Crippen molar-refractivity contribution in [3.05, 3.63) is 100 Å². The van der Waals surface area contributed by atoms with Crippen LogP contribution in [0.3, 0.4) is 0 Å². The predicted molar refractivity (Wildman–Crippen MR) is 139 cm³/mol. The molecule has 2 atom stereocenters. The molecule has 3 aromatic carbocycles. The molecule has 3 aromatic rings. The Morgan fingerprint density at radius 2 is 1.57 bits per heavy atom. The number of carbonyl (C=O) groups excluding carboxylic acids is 1. The van der Waals surface area contributed by atoms with Crippen LogP contribution in [0.5, 0.6) is 0 Å². The second kappa shape index (κ2) is 11.5. The quantitative estimate of drug-likeness (QED) is 0.406. The Labute approximate surface area is 216 Å². The fraction of sp³-hybridized carbons (Fsp3) is 0.269. The van der Waals surface area contributed by atoms with Gasteiger partial charge in [0.15, 0.2) is 0 Å². The fourth-order valence-electron chi connectivity index (χ4n) is 4.34. The van der Waals surface area contributed by atoms with E-state index in [2.05, 4.69) is 39.6 Å². The number of hydrogen-bond donors (Lipinski definition) is 3. The van der Waals surface area contributed by atoms with Crippen molar-refractivity contribution < 1.29 is 13.2 Å². The summed E-state index contributed by atoms with van der Waals surface area (Å²) in [5, 5.41) is 6.62. The second-order valence-corrected chi connectivity index (χ2v) is 11.1. The zero-order chi connectivity index (χ0) is 24.8. The Morgan fingerprint density at radius 3 is 2.20 bits per heavy atom. The van der Waals surface area contributed by atoms with Gasteiger partial charge in [0.05, 0.1) is 10.9 Å². The summed E-state index contributed by atoms with van der Waals surface area (Å²) < 4.78 is 28.5. The molecule has 4 rings (SSSR count). The number of carbonyl (C=O) groups is 1. The smallest absolute Gasteiger partial charge is 0.242 e. The summed E-state index contributed by atoms with van der Waals surface area (Å²) in [6, 6.07) is 23.9. The van der Waals surface area contributed by atoms with Gasteiger partial charge in [0.2, 0.25) is 15.9 Å². The molecule has 35 heavy (non-hydrogen) atoms. The van der Waals surface area contributed by atoms with Gasteiger partial charge in [-0.15, -0.1) is 0 Å². The maximum atomic E-state index is 13.1. The lowest BCUT2D eigenvalue weighted by atomic mass is 9.90. The Kier molecular flexibility index (Phi) is 8.46. The molecule has 1 saturated heterocycles. The van der Waals surface area contributed by atoms with E-state index in [1.165, 1.54) is 18.2 Å². The number of piperidine rings is 1. The van der Waals surface area contributed by atoms with Crippen molar-refractivity contribution in [2.24, 2.45) is 5.92 Å². The molecule has 9 heteroatoms. The van der Waals surface area contributed by atoms with Gasteiger partial charge in [-0.25, -0.2) is 13.1 Å². The molecule has 1 heterocycles. The van der Waals surface area contributed by atoms with Crippen molar-refractivity contribution in [2.75, 3.05) is 19.6 Å². The summed E-state index contributed by atoms with van der Waals surface area (Å²) in [6.45, 7) is 1.33. The van der Waals surface area contributed by atoms with Crippen LogP contribution in [0.2, 0.25) is 10.0 Å². The summed E-state index contributed by atoms with van der Waals surface area (Å²) in [7, 11) is -3.90. The van der Waals surface area contributed by atoms with Crippen LogP contribution in [0.15, 0.2) is 83.8 Å². The molecule has 0 unspecified atom stereocenters. The summed E-state index contributed by atoms with van der Waals surface area (Å²) in [5.41, 5.74) is 2.23. The van der Waals surface area contributed by atoms with Crippen molar-refractivity contribution in [2.45, 2.75) is 23.3 Å². The van der Waals surface area contributed by atoms with Crippen molar-refractivity contribution in [1.29, 1.82) is 0 Å². The van der Waals surface area contributed by atoms with E-state index < -0.39 is 16.1 Å². The van der Waals surface area contributed by atoms with Crippen LogP contribution < -0.4 is 15.4 Å². The topological polar surface area (TPSA) is 87.3 Å². The van der Waals surface area contributed by atoms with Gasteiger partial charge in [0, 0.05) is 36.6 Å². The van der Waals surface area contributed by atoms with Crippen LogP contribution in [-0.4, -0.2) is 40.0 Å². The van der Waals surface area contributed by atoms with Gasteiger partial charge in [-0.05, 0) is 35.7 Å². The lowest BCUT2D eigenvalue weighted by molar-refractivity contribution is -0.125. The molecular weight excluding hydrogens is 505 g/mol. The van der Waals surface area contributed by atoms with E-state index in [1.807, 2.05) is 36.4 Å². The van der Waals surface area contributed by atoms with Crippen LogP contribution in [0.4, 0.5) is 0 Å². The van der Waals surface area contributed by atoms with Crippen LogP contribution >= 0.6 is 23.2 Å². The van der Waals surface area contributed by atoms with E-state index >= 15 is 0 Å². The number of amides is 1. The number of rotatable bonds is 8. The van der Waals surface area contributed by atoms with Crippen LogP contribution in [0.25, 0.3) is 0 Å². The summed E-state index contributed by atoms with van der Waals surface area (Å²) >= 11 is 12.1. The van der Waals surface area contributed by atoms with Crippen molar-refractivity contribution in [3.63, 3.8) is 0 Å². The maximum Gasteiger partial charge on any atom is 0.242 e. The maximum absolute atomic E-state index is 13.1.